The van der Waals surface area contributed by atoms with Gasteiger partial charge in [-0.2, -0.15) is 0 Å². The van der Waals surface area contributed by atoms with Crippen LogP contribution in [0.4, 0.5) is 0 Å². The zero-order valence-corrected chi connectivity index (χ0v) is 46.3. The van der Waals surface area contributed by atoms with E-state index in [9.17, 15) is 47.9 Å². The van der Waals surface area contributed by atoms with Crippen LogP contribution in [0.1, 0.15) is 76.6 Å². The summed E-state index contributed by atoms with van der Waals surface area (Å²) in [5, 5.41) is 26.7. The SMILES string of the molecule is CC(C)[C@H](NC(=O)[C@@H]1CCC(=O)NCCC(=O)N[C@H](Cc2cnc[nH]2)C(=O)N[C@H](Cc2ccc3ccccc3c2)C(=O)N[C@H](CCCN=C(N)N)C(=O)N[C@@H](Cc2c[nH]c3ccccc23)C(=O)N1)C(=O)N[C@H](C(=O)NCC(N)=O)C(C)C. The van der Waals surface area contributed by atoms with E-state index in [2.05, 4.69) is 67.8 Å². The number of nitrogens with one attached hydrogen (secondary N) is 11. The molecule has 82 heavy (non-hydrogen) atoms. The van der Waals surface area contributed by atoms with Crippen LogP contribution in [0.15, 0.2) is 90.4 Å². The van der Waals surface area contributed by atoms with E-state index < -0.39 is 126 Å². The highest BCUT2D eigenvalue weighted by Crippen LogP contribution is 2.21. The zero-order chi connectivity index (χ0) is 59.5. The third-order valence-electron chi connectivity index (χ3n) is 13.7. The van der Waals surface area contributed by atoms with Gasteiger partial charge in [0.2, 0.25) is 59.1 Å². The zero-order valence-electron chi connectivity index (χ0n) is 46.3. The molecule has 1 aliphatic heterocycles. The fraction of sp³-hybridized carbons (Fsp3) is 0.429. The normalized spacial score (nSPS) is 19.7. The molecule has 0 unspecified atom stereocenters. The number of carbonyl (C=O) groups is 10. The monoisotopic (exact) mass is 1130 g/mol. The molecule has 17 N–H and O–H groups in total. The van der Waals surface area contributed by atoms with E-state index in [1.165, 1.54) is 12.5 Å². The van der Waals surface area contributed by atoms with E-state index in [0.717, 1.165) is 10.8 Å². The van der Waals surface area contributed by atoms with Crippen molar-refractivity contribution in [1.82, 2.24) is 62.8 Å². The van der Waals surface area contributed by atoms with E-state index in [1.807, 2.05) is 54.6 Å². The van der Waals surface area contributed by atoms with Crippen LogP contribution >= 0.6 is 0 Å². The minimum absolute atomic E-state index is 0.0356. The van der Waals surface area contributed by atoms with Crippen LogP contribution in [0.2, 0.25) is 0 Å². The Kier molecular flexibility index (Phi) is 22.4. The van der Waals surface area contributed by atoms with Gasteiger partial charge >= 0.3 is 0 Å². The van der Waals surface area contributed by atoms with Gasteiger partial charge in [-0.15, -0.1) is 0 Å². The van der Waals surface area contributed by atoms with E-state index in [4.69, 9.17) is 17.2 Å². The maximum Gasteiger partial charge on any atom is 0.243 e. The largest absolute Gasteiger partial charge is 0.370 e. The van der Waals surface area contributed by atoms with E-state index >= 15 is 0 Å². The molecule has 7 atom stereocenters. The molecule has 5 aromatic rings. The number of hydrogen-bond donors (Lipinski definition) is 14. The molecule has 3 aromatic carbocycles. The highest BCUT2D eigenvalue weighted by molar-refractivity contribution is 5.99. The van der Waals surface area contributed by atoms with E-state index in [0.29, 0.717) is 27.7 Å². The third kappa shape index (κ3) is 18.3. The number of para-hydroxylation sites is 1. The van der Waals surface area contributed by atoms with Gasteiger partial charge < -0.3 is 75.0 Å². The molecule has 1 saturated heterocycles. The van der Waals surface area contributed by atoms with Crippen LogP contribution in [0.3, 0.4) is 0 Å². The van der Waals surface area contributed by atoms with Crippen molar-refractivity contribution in [3.63, 3.8) is 0 Å². The van der Waals surface area contributed by atoms with Gasteiger partial charge in [-0.1, -0.05) is 88.4 Å². The molecule has 0 radical (unpaired) electrons. The summed E-state index contributed by atoms with van der Waals surface area (Å²) in [4.78, 5) is 154. The first-order chi connectivity index (χ1) is 39.1. The number of nitrogens with two attached hydrogens (primary N) is 3. The number of imidazole rings is 1. The summed E-state index contributed by atoms with van der Waals surface area (Å²) in [6, 6.07) is 10.7. The number of fused-ring (bicyclic) bond motifs is 2. The quantitative estimate of drug-likeness (QED) is 0.0261. The smallest absolute Gasteiger partial charge is 0.243 e. The van der Waals surface area contributed by atoms with Crippen molar-refractivity contribution in [1.29, 1.82) is 0 Å². The summed E-state index contributed by atoms with van der Waals surface area (Å²) in [6.07, 6.45) is 3.16. The molecule has 0 spiro atoms. The molecule has 1 fully saturated rings. The first kappa shape index (κ1) is 61.8. The molecule has 2 aromatic heterocycles. The second-order valence-electron chi connectivity index (χ2n) is 20.8. The molecule has 26 nitrogen and oxygen atoms in total. The molecule has 1 aliphatic rings. The number of aliphatic imine (C=N–C) groups is 1. The minimum Gasteiger partial charge on any atom is -0.370 e. The Morgan fingerprint density at radius 3 is 1.99 bits per heavy atom. The first-order valence-corrected chi connectivity index (χ1v) is 27.1. The van der Waals surface area contributed by atoms with Gasteiger partial charge in [0.25, 0.3) is 0 Å². The van der Waals surface area contributed by atoms with Crippen molar-refractivity contribution in [3.8, 4) is 0 Å². The van der Waals surface area contributed by atoms with Gasteiger partial charge in [0.05, 0.1) is 12.9 Å². The highest BCUT2D eigenvalue weighted by atomic mass is 16.2. The maximum absolute atomic E-state index is 15.0. The average molecular weight is 1130 g/mol. The third-order valence-corrected chi connectivity index (χ3v) is 13.7. The standard InChI is InChI=1S/C56H74N16O10/c1-30(2)47(54(81)64-28-44(57)73)72-55(82)48(31(3)4)71-50(77)40-17-18-45(74)61-21-19-46(75)66-43(25-36-27-60-29-65-36)53(80)69-41(23-32-15-16-33-10-5-6-11-34(33)22-32)51(78)67-39(14-9-20-62-56(58)59)49(76)70-42(52(79)68-40)24-35-26-63-38-13-8-7-12-37(35)38/h5-8,10-13,15-16,22,26-27,29-31,39-43,47-48,63H,9,14,17-21,23-25,28H2,1-4H3,(H2,57,73)(H,60,65)(H,61,74)(H,64,81)(H,66,75)(H,67,78)(H,68,79)(H,69,80)(H,70,76)(H,71,77)(H,72,82)(H4,58,59,62)/t39-,40+,41-,42+,43-,47+,48+/m1/s1. The number of rotatable bonds is 19. The predicted octanol–water partition coefficient (Wildman–Crippen LogP) is -1.27. The molecular formula is C56H74N16O10. The summed E-state index contributed by atoms with van der Waals surface area (Å²) in [7, 11) is 0. The number of nitrogens with zero attached hydrogens (tertiary/aromatic N) is 2. The van der Waals surface area contributed by atoms with Gasteiger partial charge in [-0.05, 0) is 59.1 Å². The van der Waals surface area contributed by atoms with Gasteiger partial charge in [0.15, 0.2) is 5.96 Å². The number of aromatic amines is 2. The number of primary amides is 1. The van der Waals surface area contributed by atoms with Gasteiger partial charge in [-0.25, -0.2) is 4.98 Å². The molecule has 0 saturated carbocycles. The van der Waals surface area contributed by atoms with Crippen molar-refractivity contribution < 1.29 is 47.9 Å². The number of hydrogen-bond acceptors (Lipinski definition) is 12. The van der Waals surface area contributed by atoms with E-state index in [1.54, 1.807) is 46.0 Å². The molecule has 0 bridgehead atoms. The molecule has 3 heterocycles. The summed E-state index contributed by atoms with van der Waals surface area (Å²) < 4.78 is 0. The molecule has 26 heteroatoms. The van der Waals surface area contributed by atoms with E-state index in [-0.39, 0.29) is 64.0 Å². The number of H-pyrrole nitrogens is 2. The van der Waals surface area contributed by atoms with Crippen molar-refractivity contribution in [3.05, 3.63) is 102 Å². The van der Waals surface area contributed by atoms with Gasteiger partial charge in [-0.3, -0.25) is 52.9 Å². The lowest BCUT2D eigenvalue weighted by Crippen LogP contribution is -2.61. The lowest BCUT2D eigenvalue weighted by molar-refractivity contribution is -0.136. The fourth-order valence-electron chi connectivity index (χ4n) is 9.29. The Bertz CT molecular complexity index is 3120. The maximum atomic E-state index is 15.0. The van der Waals surface area contributed by atoms with Crippen molar-refractivity contribution >= 4 is 86.7 Å². The predicted molar refractivity (Wildman–Crippen MR) is 304 cm³/mol. The van der Waals surface area contributed by atoms with Crippen molar-refractivity contribution in [2.45, 2.75) is 121 Å². The van der Waals surface area contributed by atoms with Gasteiger partial charge in [0.1, 0.15) is 42.3 Å². The van der Waals surface area contributed by atoms with Crippen LogP contribution < -0.4 is 65.1 Å². The molecule has 6 rings (SSSR count). The Morgan fingerprint density at radius 2 is 1.30 bits per heavy atom. The Morgan fingerprint density at radius 1 is 0.671 bits per heavy atom. The van der Waals surface area contributed by atoms with Crippen molar-refractivity contribution in [2.24, 2.45) is 34.0 Å². The summed E-state index contributed by atoms with van der Waals surface area (Å²) in [5.41, 5.74) is 18.9. The minimum atomic E-state index is -1.56. The Labute approximate surface area is 473 Å². The molecular weight excluding hydrogens is 1060 g/mol. The average Bonchev–Trinajstić information content (AvgIpc) is 4.31. The number of carbonyl (C=O) groups excluding carboxylic acids is 10. The van der Waals surface area contributed by atoms with Gasteiger partial charge in [0, 0.05) is 74.2 Å². The summed E-state index contributed by atoms with van der Waals surface area (Å²) >= 11 is 0. The second-order valence-corrected chi connectivity index (χ2v) is 20.8. The first-order valence-electron chi connectivity index (χ1n) is 27.1. The fourth-order valence-corrected chi connectivity index (χ4v) is 9.29. The summed E-state index contributed by atoms with van der Waals surface area (Å²) in [6.45, 7) is 5.92. The van der Waals surface area contributed by atoms with Crippen LogP contribution in [-0.4, -0.2) is 142 Å². The number of guanidine groups is 1. The van der Waals surface area contributed by atoms with Crippen LogP contribution in [0.25, 0.3) is 21.7 Å². The lowest BCUT2D eigenvalue weighted by atomic mass is 9.98. The van der Waals surface area contributed by atoms with Crippen LogP contribution in [0, 0.1) is 11.8 Å². The number of benzene rings is 3. The highest BCUT2D eigenvalue weighted by Gasteiger charge is 2.36. The second kappa shape index (κ2) is 29.7. The summed E-state index contributed by atoms with van der Waals surface area (Å²) in [5.74, 6) is -9.08. The Balaban J connectivity index is 1.38. The van der Waals surface area contributed by atoms with Crippen molar-refractivity contribution in [2.75, 3.05) is 19.6 Å². The topological polar surface area (TPSA) is 414 Å². The lowest BCUT2D eigenvalue weighted by Gasteiger charge is -2.29. The molecule has 10 amide bonds. The number of amides is 10. The van der Waals surface area contributed by atoms with Crippen LogP contribution in [-0.2, 0) is 67.2 Å². The number of aromatic nitrogens is 3. The molecule has 438 valence electrons. The van der Waals surface area contributed by atoms with Crippen LogP contribution in [0.5, 0.6) is 0 Å². The molecule has 0 aliphatic carbocycles. The Hall–Kier alpha value is -9.36.